The van der Waals surface area contributed by atoms with Crippen LogP contribution in [0.5, 0.6) is 5.75 Å². The van der Waals surface area contributed by atoms with Gasteiger partial charge in [-0.05, 0) is 24.3 Å². The first-order chi connectivity index (χ1) is 10.1. The molecule has 0 saturated carbocycles. The summed E-state index contributed by atoms with van der Waals surface area (Å²) in [7, 11) is 0. The molecule has 6 heteroatoms. The summed E-state index contributed by atoms with van der Waals surface area (Å²) in [5.74, 6) is -0.293. The van der Waals surface area contributed by atoms with E-state index in [1.807, 2.05) is 18.2 Å². The molecule has 1 heterocycles. The van der Waals surface area contributed by atoms with Crippen molar-refractivity contribution in [2.24, 2.45) is 0 Å². The van der Waals surface area contributed by atoms with Crippen molar-refractivity contribution in [2.75, 3.05) is 39.5 Å². The van der Waals surface area contributed by atoms with Crippen molar-refractivity contribution >= 4 is 28.0 Å². The van der Waals surface area contributed by atoms with Crippen LogP contribution in [0.15, 0.2) is 28.7 Å². The van der Waals surface area contributed by atoms with Crippen LogP contribution in [0.4, 0.5) is 0 Å². The van der Waals surface area contributed by atoms with Gasteiger partial charge in [0, 0.05) is 35.7 Å². The monoisotopic (exact) mass is 355 g/mol. The zero-order valence-corrected chi connectivity index (χ0v) is 13.2. The molecule has 1 aromatic rings. The van der Waals surface area contributed by atoms with Crippen LogP contribution in [0.2, 0.25) is 0 Å². The summed E-state index contributed by atoms with van der Waals surface area (Å²) in [6.07, 6.45) is 2.65. The van der Waals surface area contributed by atoms with Gasteiger partial charge in [-0.15, -0.1) is 0 Å². The zero-order valence-electron chi connectivity index (χ0n) is 11.6. The SMILES string of the molecule is O=C(O)C=Cc1cc(Br)ccc1OCCN1CCOCC1. The average molecular weight is 356 g/mol. The van der Waals surface area contributed by atoms with Crippen molar-refractivity contribution in [1.29, 1.82) is 0 Å². The van der Waals surface area contributed by atoms with E-state index in [0.717, 1.165) is 49.0 Å². The van der Waals surface area contributed by atoms with E-state index in [9.17, 15) is 4.79 Å². The molecule has 1 aromatic carbocycles. The molecule has 1 fully saturated rings. The predicted octanol–water partition coefficient (Wildman–Crippen LogP) is 2.26. The molecule has 0 radical (unpaired) electrons. The molecule has 0 unspecified atom stereocenters. The molecule has 114 valence electrons. The number of carboxylic acids is 1. The largest absolute Gasteiger partial charge is 0.492 e. The Kier molecular flexibility index (Phi) is 6.22. The molecule has 5 nitrogen and oxygen atoms in total. The second kappa shape index (κ2) is 8.17. The number of hydrogen-bond acceptors (Lipinski definition) is 4. The molecular weight excluding hydrogens is 338 g/mol. The third kappa shape index (κ3) is 5.49. The zero-order chi connectivity index (χ0) is 15.1. The molecule has 0 atom stereocenters. The summed E-state index contributed by atoms with van der Waals surface area (Å²) in [6, 6.07) is 5.55. The van der Waals surface area contributed by atoms with E-state index in [0.29, 0.717) is 12.4 Å². The van der Waals surface area contributed by atoms with Gasteiger partial charge >= 0.3 is 5.97 Å². The van der Waals surface area contributed by atoms with Crippen molar-refractivity contribution in [1.82, 2.24) is 4.90 Å². The van der Waals surface area contributed by atoms with Crippen molar-refractivity contribution in [3.05, 3.63) is 34.3 Å². The van der Waals surface area contributed by atoms with Gasteiger partial charge in [-0.1, -0.05) is 15.9 Å². The topological polar surface area (TPSA) is 59.0 Å². The number of carboxylic acid groups (broad SMARTS) is 1. The highest BCUT2D eigenvalue weighted by Crippen LogP contribution is 2.24. The molecule has 2 rings (SSSR count). The molecule has 21 heavy (non-hydrogen) atoms. The van der Waals surface area contributed by atoms with Crippen molar-refractivity contribution in [3.8, 4) is 5.75 Å². The highest BCUT2D eigenvalue weighted by atomic mass is 79.9. The van der Waals surface area contributed by atoms with Crippen LogP contribution in [0.25, 0.3) is 6.08 Å². The van der Waals surface area contributed by atoms with Crippen molar-refractivity contribution < 1.29 is 19.4 Å². The summed E-state index contributed by atoms with van der Waals surface area (Å²) >= 11 is 3.38. The fourth-order valence-corrected chi connectivity index (χ4v) is 2.43. The number of aliphatic carboxylic acids is 1. The standard InChI is InChI=1S/C15H18BrNO4/c16-13-2-3-14(12(11-13)1-4-15(18)19)21-10-7-17-5-8-20-9-6-17/h1-4,11H,5-10H2,(H,18,19). The number of benzene rings is 1. The van der Waals surface area contributed by atoms with Crippen LogP contribution in [0, 0.1) is 0 Å². The number of rotatable bonds is 6. The number of nitrogens with zero attached hydrogens (tertiary/aromatic N) is 1. The molecular formula is C15H18BrNO4. The molecule has 0 aromatic heterocycles. The summed E-state index contributed by atoms with van der Waals surface area (Å²) < 4.78 is 12.0. The third-order valence-electron chi connectivity index (χ3n) is 3.15. The highest BCUT2D eigenvalue weighted by molar-refractivity contribution is 9.10. The van der Waals surface area contributed by atoms with Crippen LogP contribution in [-0.4, -0.2) is 55.4 Å². The Morgan fingerprint density at radius 2 is 2.19 bits per heavy atom. The highest BCUT2D eigenvalue weighted by Gasteiger charge is 2.10. The van der Waals surface area contributed by atoms with Crippen LogP contribution in [0.1, 0.15) is 5.56 Å². The maximum atomic E-state index is 10.6. The predicted molar refractivity (Wildman–Crippen MR) is 83.6 cm³/mol. The minimum absolute atomic E-state index is 0.565. The molecule has 0 spiro atoms. The smallest absolute Gasteiger partial charge is 0.328 e. The van der Waals surface area contributed by atoms with Gasteiger partial charge in [-0.25, -0.2) is 4.79 Å². The van der Waals surface area contributed by atoms with Gasteiger partial charge in [-0.2, -0.15) is 0 Å². The van der Waals surface area contributed by atoms with E-state index in [4.69, 9.17) is 14.6 Å². The van der Waals surface area contributed by atoms with E-state index in [-0.39, 0.29) is 0 Å². The summed E-state index contributed by atoms with van der Waals surface area (Å²) in [6.45, 7) is 4.79. The van der Waals surface area contributed by atoms with E-state index in [1.165, 1.54) is 6.08 Å². The second-order valence-electron chi connectivity index (χ2n) is 4.66. The molecule has 0 amide bonds. The fraction of sp³-hybridized carbons (Fsp3) is 0.400. The van der Waals surface area contributed by atoms with Gasteiger partial charge in [-0.3, -0.25) is 4.90 Å². The molecule has 1 aliphatic heterocycles. The molecule has 1 saturated heterocycles. The lowest BCUT2D eigenvalue weighted by atomic mass is 10.2. The summed E-state index contributed by atoms with van der Waals surface area (Å²) in [5.41, 5.74) is 0.744. The quantitative estimate of drug-likeness (QED) is 0.793. The van der Waals surface area contributed by atoms with Gasteiger partial charge in [0.1, 0.15) is 12.4 Å². The normalized spacial score (nSPS) is 16.2. The van der Waals surface area contributed by atoms with Gasteiger partial charge in [0.15, 0.2) is 0 Å². The molecule has 1 N–H and O–H groups in total. The number of halogens is 1. The average Bonchev–Trinajstić information content (AvgIpc) is 2.48. The first-order valence-corrected chi connectivity index (χ1v) is 7.58. The Morgan fingerprint density at radius 1 is 1.43 bits per heavy atom. The number of hydrogen-bond donors (Lipinski definition) is 1. The lowest BCUT2D eigenvalue weighted by Crippen LogP contribution is -2.38. The number of morpholine rings is 1. The molecule has 1 aliphatic rings. The summed E-state index contributed by atoms with van der Waals surface area (Å²) in [5, 5.41) is 8.72. The van der Waals surface area contributed by atoms with E-state index in [1.54, 1.807) is 0 Å². The van der Waals surface area contributed by atoms with Gasteiger partial charge < -0.3 is 14.6 Å². The van der Waals surface area contributed by atoms with E-state index >= 15 is 0 Å². The second-order valence-corrected chi connectivity index (χ2v) is 5.57. The van der Waals surface area contributed by atoms with Gasteiger partial charge in [0.2, 0.25) is 0 Å². The maximum absolute atomic E-state index is 10.6. The lowest BCUT2D eigenvalue weighted by Gasteiger charge is -2.26. The number of carbonyl (C=O) groups is 1. The Labute approximate surface area is 132 Å². The fourth-order valence-electron chi connectivity index (χ4n) is 2.05. The Morgan fingerprint density at radius 3 is 2.90 bits per heavy atom. The van der Waals surface area contributed by atoms with Crippen molar-refractivity contribution in [3.63, 3.8) is 0 Å². The Balaban J connectivity index is 1.93. The van der Waals surface area contributed by atoms with E-state index < -0.39 is 5.97 Å². The van der Waals surface area contributed by atoms with Gasteiger partial charge in [0.05, 0.1) is 13.2 Å². The molecule has 0 aliphatic carbocycles. The van der Waals surface area contributed by atoms with Crippen LogP contribution < -0.4 is 4.74 Å². The van der Waals surface area contributed by atoms with Crippen LogP contribution in [0.3, 0.4) is 0 Å². The Hall–Kier alpha value is -1.37. The van der Waals surface area contributed by atoms with Gasteiger partial charge in [0.25, 0.3) is 0 Å². The number of ether oxygens (including phenoxy) is 2. The van der Waals surface area contributed by atoms with Crippen molar-refractivity contribution in [2.45, 2.75) is 0 Å². The Bertz CT molecular complexity index is 512. The third-order valence-corrected chi connectivity index (χ3v) is 3.64. The van der Waals surface area contributed by atoms with Crippen LogP contribution in [-0.2, 0) is 9.53 Å². The summed E-state index contributed by atoms with van der Waals surface area (Å²) in [4.78, 5) is 12.9. The van der Waals surface area contributed by atoms with E-state index in [2.05, 4.69) is 20.8 Å². The maximum Gasteiger partial charge on any atom is 0.328 e. The minimum atomic E-state index is -0.978. The molecule has 0 bridgehead atoms. The first kappa shape index (κ1) is 16.0. The minimum Gasteiger partial charge on any atom is -0.492 e. The first-order valence-electron chi connectivity index (χ1n) is 6.78. The van der Waals surface area contributed by atoms with Crippen LogP contribution >= 0.6 is 15.9 Å². The lowest BCUT2D eigenvalue weighted by molar-refractivity contribution is -0.131.